The van der Waals surface area contributed by atoms with Crippen LogP contribution in [-0.2, 0) is 22.4 Å². The number of benzene rings is 1. The van der Waals surface area contributed by atoms with Gasteiger partial charge in [0.1, 0.15) is 0 Å². The fourth-order valence-corrected chi connectivity index (χ4v) is 0.497. The van der Waals surface area contributed by atoms with E-state index in [0.717, 1.165) is 0 Å². The van der Waals surface area contributed by atoms with Crippen LogP contribution in [0, 0.1) is 16.2 Å². The molecule has 4 heteroatoms. The summed E-state index contributed by atoms with van der Waals surface area (Å²) in [6.45, 7) is 0. The average Bonchev–Trinajstić information content (AvgIpc) is 1.90. The van der Waals surface area contributed by atoms with E-state index in [0.29, 0.717) is 0 Å². The second-order valence-electron chi connectivity index (χ2n) is 1.52. The summed E-state index contributed by atoms with van der Waals surface area (Å²) >= 11 is 0. The molecule has 0 N–H and O–H groups in total. The standard InChI is InChI=1S/C6H4NO2.Au/c8-7(9)6-4-2-1-3-5-6;/h1-2,4-5H;/q-1;+1. The fraction of sp³-hybridized carbons (Fsp3) is 0. The third kappa shape index (κ3) is 2.31. The Balaban J connectivity index is 0.000000810. The van der Waals surface area contributed by atoms with E-state index in [2.05, 4.69) is 6.07 Å². The van der Waals surface area contributed by atoms with Gasteiger partial charge in [0, 0.05) is 4.92 Å². The summed E-state index contributed by atoms with van der Waals surface area (Å²) in [5.74, 6) is 0. The van der Waals surface area contributed by atoms with Crippen LogP contribution >= 0.6 is 0 Å². The zero-order valence-electron chi connectivity index (χ0n) is 4.87. The number of hydrogen-bond donors (Lipinski definition) is 0. The van der Waals surface area contributed by atoms with Crippen molar-refractivity contribution in [2.45, 2.75) is 0 Å². The summed E-state index contributed by atoms with van der Waals surface area (Å²) in [5, 5.41) is 9.99. The van der Waals surface area contributed by atoms with Crippen LogP contribution < -0.4 is 0 Å². The molecule has 56 valence electrons. The Labute approximate surface area is 73.7 Å². The number of rotatable bonds is 1. The summed E-state index contributed by atoms with van der Waals surface area (Å²) < 4.78 is 0. The average molecular weight is 319 g/mol. The van der Waals surface area contributed by atoms with Crippen LogP contribution in [0.25, 0.3) is 0 Å². The van der Waals surface area contributed by atoms with Gasteiger partial charge in [0.2, 0.25) is 0 Å². The fourth-order valence-electron chi connectivity index (χ4n) is 0.497. The van der Waals surface area contributed by atoms with E-state index in [-0.39, 0.29) is 28.1 Å². The van der Waals surface area contributed by atoms with Gasteiger partial charge in [-0.25, -0.2) is 0 Å². The SMILES string of the molecule is O=[N+]([O-])c1c[c-]ccc1.[Au+]. The van der Waals surface area contributed by atoms with Crippen molar-refractivity contribution in [2.24, 2.45) is 0 Å². The van der Waals surface area contributed by atoms with Crippen LogP contribution in [0.15, 0.2) is 24.3 Å². The Morgan fingerprint density at radius 3 is 2.60 bits per heavy atom. The van der Waals surface area contributed by atoms with Gasteiger partial charge in [0.15, 0.2) is 5.69 Å². The first-order valence-electron chi connectivity index (χ1n) is 2.41. The summed E-state index contributed by atoms with van der Waals surface area (Å²) in [5.41, 5.74) is 0.0810. The molecule has 1 aromatic carbocycles. The van der Waals surface area contributed by atoms with Crippen molar-refractivity contribution < 1.29 is 27.3 Å². The molecule has 1 rings (SSSR count). The molecule has 0 spiro atoms. The van der Waals surface area contributed by atoms with E-state index in [1.807, 2.05) is 0 Å². The Morgan fingerprint density at radius 1 is 1.60 bits per heavy atom. The second kappa shape index (κ2) is 4.22. The zero-order chi connectivity index (χ0) is 6.69. The largest absolute Gasteiger partial charge is 1.00 e. The van der Waals surface area contributed by atoms with E-state index in [9.17, 15) is 10.1 Å². The normalized spacial score (nSPS) is 8.00. The maximum atomic E-state index is 9.99. The minimum Gasteiger partial charge on any atom is -0.270 e. The Morgan fingerprint density at radius 2 is 2.30 bits per heavy atom. The second-order valence-corrected chi connectivity index (χ2v) is 1.52. The van der Waals surface area contributed by atoms with Gasteiger partial charge >= 0.3 is 22.4 Å². The molecule has 0 unspecified atom stereocenters. The van der Waals surface area contributed by atoms with Crippen LogP contribution in [0.2, 0.25) is 0 Å². The number of nitro groups is 1. The predicted octanol–water partition coefficient (Wildman–Crippen LogP) is 1.39. The number of nitrogens with zero attached hydrogens (tertiary/aromatic N) is 1. The van der Waals surface area contributed by atoms with E-state index < -0.39 is 4.92 Å². The summed E-state index contributed by atoms with van der Waals surface area (Å²) in [6, 6.07) is 8.56. The maximum Gasteiger partial charge on any atom is 1.00 e. The molecule has 0 fully saturated rings. The third-order valence-electron chi connectivity index (χ3n) is 0.901. The van der Waals surface area contributed by atoms with E-state index >= 15 is 0 Å². The molecule has 0 saturated carbocycles. The Hall–Kier alpha value is -0.640. The Bertz CT molecular complexity index is 212. The molecule has 1 aromatic rings. The molecule has 0 atom stereocenters. The molecule has 0 aromatic heterocycles. The van der Waals surface area contributed by atoms with E-state index in [1.54, 1.807) is 12.1 Å². The quantitative estimate of drug-likeness (QED) is 0.340. The molecule has 0 heterocycles. The molecular weight excluding hydrogens is 315 g/mol. The van der Waals surface area contributed by atoms with Crippen molar-refractivity contribution in [2.75, 3.05) is 0 Å². The topological polar surface area (TPSA) is 43.1 Å². The maximum absolute atomic E-state index is 9.99. The first-order chi connectivity index (χ1) is 4.30. The molecule has 3 nitrogen and oxygen atoms in total. The van der Waals surface area contributed by atoms with Crippen LogP contribution in [0.5, 0.6) is 0 Å². The number of non-ortho nitro benzene ring substituents is 1. The van der Waals surface area contributed by atoms with E-state index in [4.69, 9.17) is 0 Å². The minimum atomic E-state index is -0.448. The minimum absolute atomic E-state index is 0. The van der Waals surface area contributed by atoms with Gasteiger partial charge in [-0.2, -0.15) is 18.2 Å². The smallest absolute Gasteiger partial charge is 0.270 e. The molecule has 0 aliphatic rings. The van der Waals surface area contributed by atoms with Crippen molar-refractivity contribution in [1.82, 2.24) is 0 Å². The number of hydrogen-bond acceptors (Lipinski definition) is 2. The monoisotopic (exact) mass is 319 g/mol. The van der Waals surface area contributed by atoms with Crippen LogP contribution in [0.4, 0.5) is 5.69 Å². The molecule has 0 radical (unpaired) electrons. The van der Waals surface area contributed by atoms with Gasteiger partial charge < -0.3 is 0 Å². The predicted molar refractivity (Wildman–Crippen MR) is 31.9 cm³/mol. The third-order valence-corrected chi connectivity index (χ3v) is 0.901. The Kier molecular flexibility index (Phi) is 3.95. The molecular formula is C6H4AuNO2. The molecule has 0 aliphatic carbocycles. The van der Waals surface area contributed by atoms with Crippen LogP contribution in [0.1, 0.15) is 0 Å². The summed E-state index contributed by atoms with van der Waals surface area (Å²) in [6.07, 6.45) is 0. The van der Waals surface area contributed by atoms with Gasteiger partial charge in [-0.3, -0.25) is 10.1 Å². The van der Waals surface area contributed by atoms with Gasteiger partial charge in [-0.1, -0.05) is 6.07 Å². The van der Waals surface area contributed by atoms with Crippen molar-refractivity contribution in [1.29, 1.82) is 0 Å². The van der Waals surface area contributed by atoms with Crippen molar-refractivity contribution in [3.63, 3.8) is 0 Å². The van der Waals surface area contributed by atoms with Gasteiger partial charge in [0.25, 0.3) is 0 Å². The number of nitro benzene ring substituents is 1. The first kappa shape index (κ1) is 9.36. The molecule has 10 heavy (non-hydrogen) atoms. The van der Waals surface area contributed by atoms with Gasteiger partial charge in [-0.05, 0) is 0 Å². The van der Waals surface area contributed by atoms with Crippen LogP contribution in [-0.4, -0.2) is 4.92 Å². The van der Waals surface area contributed by atoms with Gasteiger partial charge in [-0.15, -0.1) is 6.07 Å². The van der Waals surface area contributed by atoms with Gasteiger partial charge in [0.05, 0.1) is 0 Å². The summed E-state index contributed by atoms with van der Waals surface area (Å²) in [4.78, 5) is 9.54. The molecule has 0 bridgehead atoms. The molecule has 0 amide bonds. The van der Waals surface area contributed by atoms with Crippen molar-refractivity contribution >= 4 is 5.69 Å². The van der Waals surface area contributed by atoms with Crippen molar-refractivity contribution in [3.8, 4) is 0 Å². The summed E-state index contributed by atoms with van der Waals surface area (Å²) in [7, 11) is 0. The van der Waals surface area contributed by atoms with Crippen molar-refractivity contribution in [3.05, 3.63) is 40.4 Å². The zero-order valence-corrected chi connectivity index (χ0v) is 7.04. The molecule has 0 saturated heterocycles. The van der Waals surface area contributed by atoms with Crippen LogP contribution in [0.3, 0.4) is 0 Å². The first-order valence-corrected chi connectivity index (χ1v) is 2.41. The molecule has 0 aliphatic heterocycles. The van der Waals surface area contributed by atoms with E-state index in [1.165, 1.54) is 12.1 Å².